The van der Waals surface area contributed by atoms with Crippen LogP contribution < -0.4 is 5.32 Å². The monoisotopic (exact) mass is 450 g/mol. The molecule has 138 valence electrons. The van der Waals surface area contributed by atoms with Crippen LogP contribution in [0.4, 0.5) is 0 Å². The summed E-state index contributed by atoms with van der Waals surface area (Å²) in [4.78, 5) is 20.5. The van der Waals surface area contributed by atoms with Crippen LogP contribution in [0.1, 0.15) is 32.1 Å². The van der Waals surface area contributed by atoms with Gasteiger partial charge in [-0.05, 0) is 43.9 Å². The van der Waals surface area contributed by atoms with Crippen molar-refractivity contribution in [3.8, 4) is 0 Å². The Morgan fingerprint density at radius 3 is 2.50 bits per heavy atom. The first-order valence-corrected chi connectivity index (χ1v) is 8.97. The van der Waals surface area contributed by atoms with Gasteiger partial charge in [0, 0.05) is 46.4 Å². The van der Waals surface area contributed by atoms with Gasteiger partial charge in [-0.2, -0.15) is 0 Å². The highest BCUT2D eigenvalue weighted by Gasteiger charge is 2.37. The van der Waals surface area contributed by atoms with Crippen LogP contribution in [0, 0.1) is 11.8 Å². The van der Waals surface area contributed by atoms with Gasteiger partial charge in [0.1, 0.15) is 6.54 Å². The van der Waals surface area contributed by atoms with E-state index in [0.29, 0.717) is 6.04 Å². The number of halogens is 1. The third kappa shape index (κ3) is 5.47. The fraction of sp³-hybridized carbons (Fsp3) is 0.882. The lowest BCUT2D eigenvalue weighted by atomic mass is 10.0. The van der Waals surface area contributed by atoms with Gasteiger partial charge in [0.05, 0.1) is 0 Å². The van der Waals surface area contributed by atoms with E-state index in [1.807, 2.05) is 0 Å². The van der Waals surface area contributed by atoms with Crippen LogP contribution in [0.3, 0.4) is 0 Å². The van der Waals surface area contributed by atoms with E-state index in [1.165, 1.54) is 19.3 Å². The molecule has 1 amide bonds. The highest BCUT2D eigenvalue weighted by Crippen LogP contribution is 2.41. The van der Waals surface area contributed by atoms with Gasteiger partial charge in [0.25, 0.3) is 0 Å². The molecule has 0 aromatic heterocycles. The summed E-state index contributed by atoms with van der Waals surface area (Å²) in [5, 5.41) is 3.60. The van der Waals surface area contributed by atoms with Crippen LogP contribution in [0.25, 0.3) is 0 Å². The molecule has 0 aromatic carbocycles. The summed E-state index contributed by atoms with van der Waals surface area (Å²) < 4.78 is 5.44. The first-order valence-electron chi connectivity index (χ1n) is 8.97. The molecule has 1 N–H and O–H groups in total. The molecule has 1 aliphatic carbocycles. The van der Waals surface area contributed by atoms with E-state index >= 15 is 0 Å². The molecule has 3 aliphatic rings. The van der Waals surface area contributed by atoms with Gasteiger partial charge in [-0.25, -0.2) is 4.99 Å². The molecule has 0 spiro atoms. The van der Waals surface area contributed by atoms with Crippen molar-refractivity contribution < 1.29 is 9.53 Å². The minimum Gasteiger partial charge on any atom is -0.381 e. The molecule has 2 heterocycles. The fourth-order valence-electron chi connectivity index (χ4n) is 3.48. The van der Waals surface area contributed by atoms with Gasteiger partial charge in [0.15, 0.2) is 5.96 Å². The van der Waals surface area contributed by atoms with Gasteiger partial charge in [-0.3, -0.25) is 4.79 Å². The van der Waals surface area contributed by atoms with Gasteiger partial charge >= 0.3 is 0 Å². The zero-order valence-electron chi connectivity index (χ0n) is 14.9. The molecule has 1 saturated carbocycles. The smallest absolute Gasteiger partial charge is 0.243 e. The van der Waals surface area contributed by atoms with Gasteiger partial charge in [0.2, 0.25) is 5.91 Å². The highest BCUT2D eigenvalue weighted by atomic mass is 127. The van der Waals surface area contributed by atoms with Crippen LogP contribution in [-0.2, 0) is 9.53 Å². The van der Waals surface area contributed by atoms with Crippen LogP contribution in [-0.4, -0.2) is 74.7 Å². The number of likely N-dealkylation sites (tertiary alicyclic amines) is 1. The molecule has 2 aliphatic heterocycles. The van der Waals surface area contributed by atoms with Crippen molar-refractivity contribution in [1.82, 2.24) is 15.1 Å². The van der Waals surface area contributed by atoms with E-state index in [1.54, 1.807) is 19.0 Å². The lowest BCUT2D eigenvalue weighted by molar-refractivity contribution is -0.127. The maximum Gasteiger partial charge on any atom is 0.243 e. The van der Waals surface area contributed by atoms with Crippen LogP contribution in [0.5, 0.6) is 0 Å². The molecule has 3 fully saturated rings. The number of nitrogens with one attached hydrogen (secondary N) is 1. The first kappa shape index (κ1) is 19.8. The average Bonchev–Trinajstić information content (AvgIpc) is 3.29. The Morgan fingerprint density at radius 1 is 1.17 bits per heavy atom. The predicted molar refractivity (Wildman–Crippen MR) is 106 cm³/mol. The van der Waals surface area contributed by atoms with E-state index in [9.17, 15) is 4.79 Å². The number of nitrogens with zero attached hydrogens (tertiary/aromatic N) is 3. The SMILES string of the molecule is CN(C)C(=O)CN=C(NC1CCOCC1)N1CCC(C2CC2)C1.I. The summed E-state index contributed by atoms with van der Waals surface area (Å²) >= 11 is 0. The fourth-order valence-corrected chi connectivity index (χ4v) is 3.48. The number of ether oxygens (including phenoxy) is 1. The summed E-state index contributed by atoms with van der Waals surface area (Å²) in [5.41, 5.74) is 0. The number of rotatable bonds is 4. The van der Waals surface area contributed by atoms with Crippen LogP contribution in [0.15, 0.2) is 4.99 Å². The summed E-state index contributed by atoms with van der Waals surface area (Å²) in [7, 11) is 3.56. The second-order valence-corrected chi connectivity index (χ2v) is 7.29. The Balaban J connectivity index is 0.00000208. The van der Waals surface area contributed by atoms with E-state index in [2.05, 4.69) is 15.2 Å². The zero-order valence-corrected chi connectivity index (χ0v) is 17.2. The molecule has 1 atom stereocenters. The number of carbonyl (C=O) groups is 1. The Morgan fingerprint density at radius 2 is 1.88 bits per heavy atom. The normalized spacial score (nSPS) is 25.3. The summed E-state index contributed by atoms with van der Waals surface area (Å²) in [6.45, 7) is 4.00. The van der Waals surface area contributed by atoms with Crippen LogP contribution >= 0.6 is 24.0 Å². The van der Waals surface area contributed by atoms with Crippen molar-refractivity contribution in [2.45, 2.75) is 38.1 Å². The molecular formula is C17H31IN4O2. The minimum absolute atomic E-state index is 0. The summed E-state index contributed by atoms with van der Waals surface area (Å²) in [6, 6.07) is 0.414. The largest absolute Gasteiger partial charge is 0.381 e. The number of aliphatic imine (C=N–C) groups is 1. The Hall–Kier alpha value is -0.570. The quantitative estimate of drug-likeness (QED) is 0.401. The van der Waals surface area contributed by atoms with Gasteiger partial charge in [-0.15, -0.1) is 24.0 Å². The first-order chi connectivity index (χ1) is 11.1. The van der Waals surface area contributed by atoms with E-state index in [0.717, 1.165) is 56.9 Å². The molecule has 3 rings (SSSR count). The van der Waals surface area contributed by atoms with E-state index in [-0.39, 0.29) is 36.4 Å². The third-order valence-electron chi connectivity index (χ3n) is 5.23. The van der Waals surface area contributed by atoms with Gasteiger partial charge < -0.3 is 19.9 Å². The number of guanidine groups is 1. The number of likely N-dealkylation sites (N-methyl/N-ethyl adjacent to an activating group) is 1. The highest BCUT2D eigenvalue weighted by molar-refractivity contribution is 14.0. The van der Waals surface area contributed by atoms with E-state index in [4.69, 9.17) is 4.74 Å². The predicted octanol–water partition coefficient (Wildman–Crippen LogP) is 1.55. The number of carbonyl (C=O) groups excluding carboxylic acids is 1. The number of amides is 1. The van der Waals surface area contributed by atoms with Crippen molar-refractivity contribution >= 4 is 35.8 Å². The Kier molecular flexibility index (Phi) is 7.59. The lowest BCUT2D eigenvalue weighted by Crippen LogP contribution is -2.47. The molecule has 0 bridgehead atoms. The lowest BCUT2D eigenvalue weighted by Gasteiger charge is -2.29. The van der Waals surface area contributed by atoms with Crippen molar-refractivity contribution in [2.24, 2.45) is 16.8 Å². The average molecular weight is 450 g/mol. The van der Waals surface area contributed by atoms with Gasteiger partial charge in [-0.1, -0.05) is 0 Å². The van der Waals surface area contributed by atoms with Crippen molar-refractivity contribution in [2.75, 3.05) is 46.9 Å². The molecule has 2 saturated heterocycles. The van der Waals surface area contributed by atoms with Crippen molar-refractivity contribution in [3.05, 3.63) is 0 Å². The Bertz CT molecular complexity index is 448. The van der Waals surface area contributed by atoms with Crippen LogP contribution in [0.2, 0.25) is 0 Å². The zero-order chi connectivity index (χ0) is 16.2. The second kappa shape index (κ2) is 9.22. The number of hydrogen-bond acceptors (Lipinski definition) is 3. The summed E-state index contributed by atoms with van der Waals surface area (Å²) in [6.07, 6.45) is 6.09. The van der Waals surface area contributed by atoms with Crippen molar-refractivity contribution in [3.63, 3.8) is 0 Å². The maximum atomic E-state index is 11.9. The minimum atomic E-state index is 0. The van der Waals surface area contributed by atoms with Crippen molar-refractivity contribution in [1.29, 1.82) is 0 Å². The molecule has 0 radical (unpaired) electrons. The maximum absolute atomic E-state index is 11.9. The van der Waals surface area contributed by atoms with E-state index < -0.39 is 0 Å². The summed E-state index contributed by atoms with van der Waals surface area (Å²) in [5.74, 6) is 2.73. The topological polar surface area (TPSA) is 57.2 Å². The molecular weight excluding hydrogens is 419 g/mol. The number of hydrogen-bond donors (Lipinski definition) is 1. The molecule has 24 heavy (non-hydrogen) atoms. The molecule has 6 nitrogen and oxygen atoms in total. The molecule has 0 aromatic rings. The third-order valence-corrected chi connectivity index (χ3v) is 5.23. The molecule has 1 unspecified atom stereocenters. The second-order valence-electron chi connectivity index (χ2n) is 7.29. The standard InChI is InChI=1S/C17H30N4O2.HI/c1-20(2)16(22)11-18-17(19-15-6-9-23-10-7-15)21-8-5-14(12-21)13-3-4-13;/h13-15H,3-12H2,1-2H3,(H,18,19);1H. The molecule has 7 heteroatoms. The Labute approximate surface area is 162 Å².